The van der Waals surface area contributed by atoms with Gasteiger partial charge in [0, 0.05) is 31.1 Å². The van der Waals surface area contributed by atoms with E-state index in [0.717, 1.165) is 23.7 Å². The van der Waals surface area contributed by atoms with Crippen molar-refractivity contribution in [2.24, 2.45) is 0 Å². The highest BCUT2D eigenvalue weighted by Gasteiger charge is 2.05. The van der Waals surface area contributed by atoms with Gasteiger partial charge in [-0.1, -0.05) is 12.1 Å². The molecule has 0 spiro atoms. The fraction of sp³-hybridized carbons (Fsp3) is 0.375. The van der Waals surface area contributed by atoms with E-state index in [1.807, 2.05) is 25.1 Å². The van der Waals surface area contributed by atoms with Gasteiger partial charge >= 0.3 is 0 Å². The number of hydrogen-bond donors (Lipinski definition) is 2. The Morgan fingerprint density at radius 3 is 2.71 bits per heavy atom. The summed E-state index contributed by atoms with van der Waals surface area (Å²) in [5.41, 5.74) is 4.39. The van der Waals surface area contributed by atoms with E-state index >= 15 is 0 Å². The first-order valence-corrected chi connectivity index (χ1v) is 7.02. The molecule has 1 heterocycles. The summed E-state index contributed by atoms with van der Waals surface area (Å²) < 4.78 is 5.03. The highest BCUT2D eigenvalue weighted by molar-refractivity contribution is 5.61. The van der Waals surface area contributed by atoms with Crippen LogP contribution in [-0.4, -0.2) is 30.2 Å². The van der Waals surface area contributed by atoms with Gasteiger partial charge in [-0.2, -0.15) is 4.98 Å². The van der Waals surface area contributed by atoms with Gasteiger partial charge < -0.3 is 15.4 Å². The fourth-order valence-corrected chi connectivity index (χ4v) is 2.00. The van der Waals surface area contributed by atoms with Gasteiger partial charge in [0.1, 0.15) is 5.82 Å². The molecule has 0 aliphatic carbocycles. The van der Waals surface area contributed by atoms with Crippen molar-refractivity contribution in [1.82, 2.24) is 9.97 Å². The van der Waals surface area contributed by atoms with Crippen LogP contribution in [0.25, 0.3) is 0 Å². The molecule has 0 radical (unpaired) electrons. The minimum absolute atomic E-state index is 0.601. The molecule has 5 nitrogen and oxygen atoms in total. The lowest BCUT2D eigenvalue weighted by Gasteiger charge is -2.12. The zero-order valence-electron chi connectivity index (χ0n) is 13.0. The van der Waals surface area contributed by atoms with Crippen LogP contribution in [0.2, 0.25) is 0 Å². The molecule has 2 rings (SSSR count). The SMILES string of the molecule is COCCNc1cc(C)nc(Nc2cccc(C)c2C)n1. The molecule has 0 amide bonds. The van der Waals surface area contributed by atoms with Crippen LogP contribution in [0.4, 0.5) is 17.5 Å². The Hall–Kier alpha value is -2.14. The standard InChI is InChI=1S/C16H22N4O/c1-11-6-5-7-14(13(11)3)19-16-18-12(2)10-15(20-16)17-8-9-21-4/h5-7,10H,8-9H2,1-4H3,(H2,17,18,19,20). The number of benzene rings is 1. The number of methoxy groups -OCH3 is 1. The van der Waals surface area contributed by atoms with Crippen molar-refractivity contribution in [3.8, 4) is 0 Å². The Bertz CT molecular complexity index is 613. The molecule has 21 heavy (non-hydrogen) atoms. The second-order valence-electron chi connectivity index (χ2n) is 5.01. The maximum Gasteiger partial charge on any atom is 0.229 e. The Morgan fingerprint density at radius 1 is 1.14 bits per heavy atom. The Kier molecular flexibility index (Phi) is 5.11. The third-order valence-corrected chi connectivity index (χ3v) is 3.32. The molecule has 1 aromatic heterocycles. The molecule has 0 atom stereocenters. The Morgan fingerprint density at radius 2 is 1.95 bits per heavy atom. The molecule has 2 aromatic rings. The number of anilines is 3. The minimum Gasteiger partial charge on any atom is -0.383 e. The van der Waals surface area contributed by atoms with Gasteiger partial charge in [-0.3, -0.25) is 0 Å². The normalized spacial score (nSPS) is 10.5. The molecular formula is C16H22N4O. The van der Waals surface area contributed by atoms with Crippen LogP contribution in [0.1, 0.15) is 16.8 Å². The molecule has 0 bridgehead atoms. The summed E-state index contributed by atoms with van der Waals surface area (Å²) in [7, 11) is 1.68. The van der Waals surface area contributed by atoms with E-state index in [-0.39, 0.29) is 0 Å². The lowest BCUT2D eigenvalue weighted by Crippen LogP contribution is -2.10. The third kappa shape index (κ3) is 4.16. The van der Waals surface area contributed by atoms with E-state index in [0.29, 0.717) is 12.6 Å². The first-order valence-electron chi connectivity index (χ1n) is 7.02. The number of nitrogens with zero attached hydrogens (tertiary/aromatic N) is 2. The van der Waals surface area contributed by atoms with Gasteiger partial charge in [0.05, 0.1) is 6.61 Å². The number of nitrogens with one attached hydrogen (secondary N) is 2. The van der Waals surface area contributed by atoms with Crippen LogP contribution in [0.5, 0.6) is 0 Å². The zero-order chi connectivity index (χ0) is 15.2. The van der Waals surface area contributed by atoms with Gasteiger partial charge in [0.2, 0.25) is 5.95 Å². The van der Waals surface area contributed by atoms with Gasteiger partial charge in [-0.25, -0.2) is 4.98 Å². The molecule has 0 aliphatic heterocycles. The number of rotatable bonds is 6. The molecular weight excluding hydrogens is 264 g/mol. The van der Waals surface area contributed by atoms with Crippen molar-refractivity contribution in [3.63, 3.8) is 0 Å². The molecule has 1 aromatic carbocycles. The number of hydrogen-bond acceptors (Lipinski definition) is 5. The molecule has 112 valence electrons. The largest absolute Gasteiger partial charge is 0.383 e. The highest BCUT2D eigenvalue weighted by atomic mass is 16.5. The topological polar surface area (TPSA) is 59.1 Å². The first kappa shape index (κ1) is 15.3. The maximum absolute atomic E-state index is 5.03. The monoisotopic (exact) mass is 286 g/mol. The van der Waals surface area contributed by atoms with E-state index < -0.39 is 0 Å². The second kappa shape index (κ2) is 7.04. The average molecular weight is 286 g/mol. The van der Waals surface area contributed by atoms with E-state index in [1.165, 1.54) is 11.1 Å². The molecule has 0 saturated carbocycles. The Labute approximate surface area is 125 Å². The fourth-order valence-electron chi connectivity index (χ4n) is 2.00. The first-order chi connectivity index (χ1) is 10.1. The summed E-state index contributed by atoms with van der Waals surface area (Å²) in [6.45, 7) is 7.50. The molecule has 0 aliphatic rings. The second-order valence-corrected chi connectivity index (χ2v) is 5.01. The average Bonchev–Trinajstić information content (AvgIpc) is 2.44. The van der Waals surface area contributed by atoms with Crippen LogP contribution in [-0.2, 0) is 4.74 Å². The van der Waals surface area contributed by atoms with E-state index in [2.05, 4.69) is 40.5 Å². The van der Waals surface area contributed by atoms with E-state index in [1.54, 1.807) is 7.11 Å². The van der Waals surface area contributed by atoms with Crippen molar-refractivity contribution >= 4 is 17.5 Å². The van der Waals surface area contributed by atoms with Crippen molar-refractivity contribution in [1.29, 1.82) is 0 Å². The summed E-state index contributed by atoms with van der Waals surface area (Å²) in [5, 5.41) is 6.51. The quantitative estimate of drug-likeness (QED) is 0.799. The van der Waals surface area contributed by atoms with Crippen LogP contribution in [0, 0.1) is 20.8 Å². The van der Waals surface area contributed by atoms with Crippen molar-refractivity contribution in [2.45, 2.75) is 20.8 Å². The van der Waals surface area contributed by atoms with Crippen LogP contribution in [0.3, 0.4) is 0 Å². The number of aromatic nitrogens is 2. The summed E-state index contributed by atoms with van der Waals surface area (Å²) in [6.07, 6.45) is 0. The lowest BCUT2D eigenvalue weighted by molar-refractivity contribution is 0.210. The van der Waals surface area contributed by atoms with Gasteiger partial charge in [0.25, 0.3) is 0 Å². The molecule has 2 N–H and O–H groups in total. The van der Waals surface area contributed by atoms with Crippen molar-refractivity contribution < 1.29 is 4.74 Å². The molecule has 0 saturated heterocycles. The predicted molar refractivity (Wildman–Crippen MR) is 86.3 cm³/mol. The maximum atomic E-state index is 5.03. The molecule has 5 heteroatoms. The molecule has 0 unspecified atom stereocenters. The number of ether oxygens (including phenoxy) is 1. The molecule has 0 fully saturated rings. The summed E-state index contributed by atoms with van der Waals surface area (Å²) in [4.78, 5) is 8.92. The number of aryl methyl sites for hydroxylation is 2. The van der Waals surface area contributed by atoms with Gasteiger partial charge in [0.15, 0.2) is 0 Å². The minimum atomic E-state index is 0.601. The van der Waals surface area contributed by atoms with E-state index in [4.69, 9.17) is 4.74 Å². The predicted octanol–water partition coefficient (Wildman–Crippen LogP) is 3.20. The zero-order valence-corrected chi connectivity index (χ0v) is 13.0. The van der Waals surface area contributed by atoms with Crippen LogP contribution in [0.15, 0.2) is 24.3 Å². The third-order valence-electron chi connectivity index (χ3n) is 3.32. The smallest absolute Gasteiger partial charge is 0.229 e. The van der Waals surface area contributed by atoms with Gasteiger partial charge in [-0.05, 0) is 38.0 Å². The summed E-state index contributed by atoms with van der Waals surface area (Å²) >= 11 is 0. The van der Waals surface area contributed by atoms with Crippen LogP contribution >= 0.6 is 0 Å². The summed E-state index contributed by atoms with van der Waals surface area (Å²) in [6, 6.07) is 8.07. The Balaban J connectivity index is 2.17. The lowest BCUT2D eigenvalue weighted by atomic mass is 10.1. The summed E-state index contributed by atoms with van der Waals surface area (Å²) in [5.74, 6) is 1.40. The van der Waals surface area contributed by atoms with Gasteiger partial charge in [-0.15, -0.1) is 0 Å². The highest BCUT2D eigenvalue weighted by Crippen LogP contribution is 2.21. The van der Waals surface area contributed by atoms with E-state index in [9.17, 15) is 0 Å². The van der Waals surface area contributed by atoms with Crippen LogP contribution < -0.4 is 10.6 Å². The van der Waals surface area contributed by atoms with Crippen molar-refractivity contribution in [2.75, 3.05) is 30.9 Å². The van der Waals surface area contributed by atoms with Crippen molar-refractivity contribution in [3.05, 3.63) is 41.1 Å².